The molecule has 0 spiro atoms. The Morgan fingerprint density at radius 3 is 2.63 bits per heavy atom. The summed E-state index contributed by atoms with van der Waals surface area (Å²) in [5.41, 5.74) is 8.50. The highest BCUT2D eigenvalue weighted by Crippen LogP contribution is 2.26. The van der Waals surface area contributed by atoms with E-state index < -0.39 is 5.82 Å². The van der Waals surface area contributed by atoms with Crippen molar-refractivity contribution in [1.29, 1.82) is 0 Å². The highest BCUT2D eigenvalue weighted by molar-refractivity contribution is 5.92. The number of aromatic nitrogens is 3. The summed E-state index contributed by atoms with van der Waals surface area (Å²) in [5.74, 6) is 0.0185. The van der Waals surface area contributed by atoms with Crippen molar-refractivity contribution in [2.24, 2.45) is 5.73 Å². The second-order valence-corrected chi connectivity index (χ2v) is 5.56. The zero-order chi connectivity index (χ0) is 18.6. The van der Waals surface area contributed by atoms with E-state index >= 15 is 0 Å². The minimum absolute atomic E-state index is 0.0989. The van der Waals surface area contributed by atoms with E-state index in [2.05, 4.69) is 20.4 Å². The number of pyridine rings is 1. The molecular weight excluding hydrogens is 349 g/mol. The van der Waals surface area contributed by atoms with E-state index in [9.17, 15) is 4.39 Å². The summed E-state index contributed by atoms with van der Waals surface area (Å²) in [4.78, 5) is 8.29. The van der Waals surface area contributed by atoms with Crippen LogP contribution in [0, 0.1) is 5.82 Å². The maximum Gasteiger partial charge on any atom is 0.276 e. The first kappa shape index (κ1) is 16.5. The molecule has 0 saturated carbocycles. The van der Waals surface area contributed by atoms with Crippen molar-refractivity contribution in [3.05, 3.63) is 84.7 Å². The first-order valence-corrected chi connectivity index (χ1v) is 8.01. The molecular formula is C19H14FN5O2. The Morgan fingerprint density at radius 1 is 1.07 bits per heavy atom. The number of benzene rings is 1. The number of para-hydroxylation sites is 1. The van der Waals surface area contributed by atoms with Crippen LogP contribution in [-0.2, 0) is 0 Å². The molecule has 0 bridgehead atoms. The van der Waals surface area contributed by atoms with Gasteiger partial charge in [0.2, 0.25) is 5.82 Å². The van der Waals surface area contributed by atoms with Crippen LogP contribution in [0.5, 0.6) is 0 Å². The number of halogens is 1. The van der Waals surface area contributed by atoms with Crippen LogP contribution in [0.3, 0.4) is 0 Å². The van der Waals surface area contributed by atoms with Crippen LogP contribution >= 0.6 is 0 Å². The molecule has 0 radical (unpaired) electrons. The molecule has 0 aliphatic heterocycles. The summed E-state index contributed by atoms with van der Waals surface area (Å²) in [6.45, 7) is 0. The molecule has 4 aromatic rings. The third kappa shape index (κ3) is 3.40. The Bertz CT molecular complexity index is 1070. The van der Waals surface area contributed by atoms with Gasteiger partial charge >= 0.3 is 0 Å². The van der Waals surface area contributed by atoms with E-state index in [1.807, 2.05) is 0 Å². The molecule has 1 aromatic carbocycles. The second-order valence-electron chi connectivity index (χ2n) is 5.56. The Kier molecular flexibility index (Phi) is 4.36. The maximum absolute atomic E-state index is 14.1. The summed E-state index contributed by atoms with van der Waals surface area (Å²) in [5, 5.41) is 6.92. The van der Waals surface area contributed by atoms with Gasteiger partial charge in [-0.15, -0.1) is 0 Å². The minimum atomic E-state index is -0.415. The van der Waals surface area contributed by atoms with Crippen LogP contribution in [0.25, 0.3) is 22.8 Å². The van der Waals surface area contributed by atoms with E-state index in [1.165, 1.54) is 18.6 Å². The fraction of sp³-hybridized carbons (Fsp3) is 0. The Hall–Kier alpha value is -3.94. The molecule has 0 aliphatic rings. The first-order valence-electron chi connectivity index (χ1n) is 8.01. The van der Waals surface area contributed by atoms with Crippen molar-refractivity contribution in [2.75, 3.05) is 5.32 Å². The van der Waals surface area contributed by atoms with Crippen LogP contribution in [0.2, 0.25) is 0 Å². The van der Waals surface area contributed by atoms with E-state index in [-0.39, 0.29) is 17.3 Å². The van der Waals surface area contributed by atoms with Crippen molar-refractivity contribution in [1.82, 2.24) is 15.1 Å². The molecule has 3 aromatic heterocycles. The molecule has 3 heterocycles. The number of hydrogen-bond acceptors (Lipinski definition) is 7. The van der Waals surface area contributed by atoms with Crippen LogP contribution in [0.1, 0.15) is 11.5 Å². The number of nitrogens with zero attached hydrogens (tertiary/aromatic N) is 3. The van der Waals surface area contributed by atoms with E-state index in [0.29, 0.717) is 22.6 Å². The molecule has 134 valence electrons. The number of furan rings is 1. The quantitative estimate of drug-likeness (QED) is 0.556. The Balaban J connectivity index is 1.78. The lowest BCUT2D eigenvalue weighted by Crippen LogP contribution is -2.09. The molecule has 3 N–H and O–H groups in total. The van der Waals surface area contributed by atoms with Crippen LogP contribution in [0.15, 0.2) is 76.3 Å². The summed E-state index contributed by atoms with van der Waals surface area (Å²) >= 11 is 0. The number of rotatable bonds is 5. The van der Waals surface area contributed by atoms with Gasteiger partial charge in [-0.1, -0.05) is 17.3 Å². The fourth-order valence-electron chi connectivity index (χ4n) is 2.46. The predicted molar refractivity (Wildman–Crippen MR) is 97.3 cm³/mol. The average Bonchev–Trinajstić information content (AvgIpc) is 3.39. The van der Waals surface area contributed by atoms with Crippen molar-refractivity contribution in [3.8, 4) is 11.4 Å². The van der Waals surface area contributed by atoms with Crippen LogP contribution < -0.4 is 11.1 Å². The number of hydrogen-bond donors (Lipinski definition) is 2. The van der Waals surface area contributed by atoms with Crippen LogP contribution in [-0.4, -0.2) is 15.1 Å². The number of anilines is 1. The average molecular weight is 363 g/mol. The minimum Gasteiger partial charge on any atom is -0.472 e. The summed E-state index contributed by atoms with van der Waals surface area (Å²) < 4.78 is 24.4. The zero-order valence-corrected chi connectivity index (χ0v) is 14.0. The van der Waals surface area contributed by atoms with Gasteiger partial charge in [-0.25, -0.2) is 4.39 Å². The van der Waals surface area contributed by atoms with Gasteiger partial charge in [-0.3, -0.25) is 4.98 Å². The molecule has 7 nitrogen and oxygen atoms in total. The first-order chi connectivity index (χ1) is 13.2. The van der Waals surface area contributed by atoms with Gasteiger partial charge in [0.25, 0.3) is 5.89 Å². The van der Waals surface area contributed by atoms with E-state index in [4.69, 9.17) is 14.7 Å². The SMILES string of the molecule is N/C(=C(\Nc1ccccc1F)c1ccncc1)c1nc(-c2ccoc2)no1. The standard InChI is InChI=1S/C19H14FN5O2/c20-14-3-1-2-4-15(14)23-17(12-5-8-22-9-6-12)16(21)19-24-18(25-27-19)13-7-10-26-11-13/h1-11,23H,21H2/b17-16-. The Labute approximate surface area is 153 Å². The number of nitrogens with two attached hydrogens (primary N) is 1. The van der Waals surface area contributed by atoms with E-state index in [0.717, 1.165) is 0 Å². The summed E-state index contributed by atoms with van der Waals surface area (Å²) in [6.07, 6.45) is 6.22. The van der Waals surface area contributed by atoms with E-state index in [1.54, 1.807) is 48.8 Å². The fourth-order valence-corrected chi connectivity index (χ4v) is 2.46. The molecule has 0 atom stereocenters. The maximum atomic E-state index is 14.1. The van der Waals surface area contributed by atoms with Gasteiger partial charge in [0.15, 0.2) is 0 Å². The molecule has 27 heavy (non-hydrogen) atoms. The van der Waals surface area contributed by atoms with Gasteiger partial charge in [0.1, 0.15) is 17.8 Å². The third-order valence-electron chi connectivity index (χ3n) is 3.81. The summed E-state index contributed by atoms with van der Waals surface area (Å²) in [7, 11) is 0. The molecule has 0 saturated heterocycles. The van der Waals surface area contributed by atoms with Crippen molar-refractivity contribution in [3.63, 3.8) is 0 Å². The third-order valence-corrected chi connectivity index (χ3v) is 3.81. The smallest absolute Gasteiger partial charge is 0.276 e. The molecule has 0 unspecified atom stereocenters. The molecule has 4 rings (SSSR count). The normalized spacial score (nSPS) is 11.9. The lowest BCUT2D eigenvalue weighted by molar-refractivity contribution is 0.408. The molecule has 0 amide bonds. The monoisotopic (exact) mass is 363 g/mol. The summed E-state index contributed by atoms with van der Waals surface area (Å²) in [6, 6.07) is 11.5. The highest BCUT2D eigenvalue weighted by atomic mass is 19.1. The lowest BCUT2D eigenvalue weighted by atomic mass is 10.1. The number of nitrogens with one attached hydrogen (secondary N) is 1. The van der Waals surface area contributed by atoms with Gasteiger partial charge in [0, 0.05) is 18.0 Å². The second kappa shape index (κ2) is 7.12. The molecule has 0 fully saturated rings. The van der Waals surface area contributed by atoms with Gasteiger partial charge < -0.3 is 20.0 Å². The van der Waals surface area contributed by atoms with Gasteiger partial charge in [-0.05, 0) is 30.3 Å². The lowest BCUT2D eigenvalue weighted by Gasteiger charge is -2.14. The van der Waals surface area contributed by atoms with Crippen molar-refractivity contribution in [2.45, 2.75) is 0 Å². The van der Waals surface area contributed by atoms with Gasteiger partial charge in [0.05, 0.1) is 23.2 Å². The van der Waals surface area contributed by atoms with Crippen molar-refractivity contribution >= 4 is 17.1 Å². The molecule has 0 aliphatic carbocycles. The molecule has 8 heteroatoms. The van der Waals surface area contributed by atoms with Crippen LogP contribution in [0.4, 0.5) is 10.1 Å². The highest BCUT2D eigenvalue weighted by Gasteiger charge is 2.17. The zero-order valence-electron chi connectivity index (χ0n) is 14.0. The Morgan fingerprint density at radius 2 is 1.89 bits per heavy atom. The van der Waals surface area contributed by atoms with Crippen molar-refractivity contribution < 1.29 is 13.3 Å². The largest absolute Gasteiger partial charge is 0.472 e. The van der Waals surface area contributed by atoms with Gasteiger partial charge in [-0.2, -0.15) is 4.98 Å². The topological polar surface area (TPSA) is 103 Å². The predicted octanol–water partition coefficient (Wildman–Crippen LogP) is 3.76.